The van der Waals surface area contributed by atoms with Crippen molar-refractivity contribution in [2.45, 2.75) is 39.3 Å². The first-order valence-electron chi connectivity index (χ1n) is 8.47. The Bertz CT molecular complexity index is 665. The molecule has 1 aliphatic carbocycles. The lowest BCUT2D eigenvalue weighted by Crippen LogP contribution is -2.24. The number of hydrogen-bond donors (Lipinski definition) is 1. The van der Waals surface area contributed by atoms with E-state index >= 15 is 0 Å². The van der Waals surface area contributed by atoms with Crippen LogP contribution in [-0.2, 0) is 13.6 Å². The van der Waals surface area contributed by atoms with Crippen LogP contribution in [0.15, 0.2) is 24.3 Å². The smallest absolute Gasteiger partial charge is 0.130 e. The van der Waals surface area contributed by atoms with Crippen LogP contribution >= 0.6 is 0 Å². The van der Waals surface area contributed by atoms with Crippen LogP contribution in [0.25, 0.3) is 0 Å². The molecule has 0 spiro atoms. The number of benzene rings is 1. The topological polar surface area (TPSA) is 33.1 Å². The fraction of sp³-hybridized carbons (Fsp3) is 0.526. The number of anilines is 1. The summed E-state index contributed by atoms with van der Waals surface area (Å²) in [6.07, 6.45) is 2.66. The van der Waals surface area contributed by atoms with E-state index in [0.29, 0.717) is 6.04 Å². The fourth-order valence-corrected chi connectivity index (χ4v) is 3.43. The van der Waals surface area contributed by atoms with Crippen LogP contribution in [-0.4, -0.2) is 23.9 Å². The molecule has 0 unspecified atom stereocenters. The second-order valence-electron chi connectivity index (χ2n) is 7.01. The van der Waals surface area contributed by atoms with Gasteiger partial charge in [-0.1, -0.05) is 29.8 Å². The molecular formula is C19H28N4. The second kappa shape index (κ2) is 6.36. The Kier molecular flexibility index (Phi) is 4.44. The van der Waals surface area contributed by atoms with Gasteiger partial charge in [-0.25, -0.2) is 0 Å². The zero-order valence-corrected chi connectivity index (χ0v) is 14.9. The van der Waals surface area contributed by atoms with Gasteiger partial charge in [0, 0.05) is 39.3 Å². The largest absolute Gasteiger partial charge is 0.363 e. The molecule has 1 fully saturated rings. The van der Waals surface area contributed by atoms with E-state index in [-0.39, 0.29) is 0 Å². The monoisotopic (exact) mass is 312 g/mol. The maximum atomic E-state index is 4.59. The van der Waals surface area contributed by atoms with Crippen LogP contribution in [0, 0.1) is 19.8 Å². The Morgan fingerprint density at radius 1 is 1.22 bits per heavy atom. The van der Waals surface area contributed by atoms with Crippen LogP contribution in [0.5, 0.6) is 0 Å². The summed E-state index contributed by atoms with van der Waals surface area (Å²) < 4.78 is 1.98. The van der Waals surface area contributed by atoms with Gasteiger partial charge in [0.25, 0.3) is 0 Å². The first-order chi connectivity index (χ1) is 11.0. The third-order valence-corrected chi connectivity index (χ3v) is 4.77. The average Bonchev–Trinajstić information content (AvgIpc) is 3.27. The average molecular weight is 312 g/mol. The Morgan fingerprint density at radius 2 is 1.87 bits per heavy atom. The molecule has 0 aliphatic heterocycles. The van der Waals surface area contributed by atoms with Crippen molar-refractivity contribution >= 4 is 5.82 Å². The zero-order chi connectivity index (χ0) is 16.6. The normalized spacial score (nSPS) is 15.7. The summed E-state index contributed by atoms with van der Waals surface area (Å²) in [5.41, 5.74) is 5.14. The summed E-state index contributed by atoms with van der Waals surface area (Å²) in [4.78, 5) is 2.15. The summed E-state index contributed by atoms with van der Waals surface area (Å²) in [7, 11) is 6.18. The molecule has 1 saturated carbocycles. The van der Waals surface area contributed by atoms with Crippen molar-refractivity contribution in [3.05, 3.63) is 46.6 Å². The van der Waals surface area contributed by atoms with Crippen LogP contribution in [0.2, 0.25) is 0 Å². The summed E-state index contributed by atoms with van der Waals surface area (Å²) in [5.74, 6) is 1.96. The summed E-state index contributed by atoms with van der Waals surface area (Å²) in [6.45, 7) is 5.11. The lowest BCUT2D eigenvalue weighted by Gasteiger charge is -2.21. The molecule has 1 aliphatic rings. The lowest BCUT2D eigenvalue weighted by atomic mass is 10.0. The summed E-state index contributed by atoms with van der Waals surface area (Å²) in [5, 5.41) is 8.39. The number of aromatic nitrogens is 2. The van der Waals surface area contributed by atoms with Gasteiger partial charge < -0.3 is 10.2 Å². The summed E-state index contributed by atoms with van der Waals surface area (Å²) in [6, 6.07) is 9.42. The highest BCUT2D eigenvalue weighted by Crippen LogP contribution is 2.41. The molecule has 4 heteroatoms. The SMILES string of the molecule is Cc1ccc([C@@H](NCc2c(C)nn(C)c2N(C)C)C2CC2)cc1. The third kappa shape index (κ3) is 3.42. The van der Waals surface area contributed by atoms with Gasteiger partial charge in [-0.15, -0.1) is 0 Å². The van der Waals surface area contributed by atoms with E-state index < -0.39 is 0 Å². The maximum Gasteiger partial charge on any atom is 0.130 e. The molecule has 2 aromatic rings. The molecule has 1 N–H and O–H groups in total. The molecule has 1 atom stereocenters. The predicted molar refractivity (Wildman–Crippen MR) is 95.8 cm³/mol. The standard InChI is InChI=1S/C19H28N4/c1-13-6-8-15(9-7-13)18(16-10-11-16)20-12-17-14(2)21-23(5)19(17)22(3)4/h6-9,16,18,20H,10-12H2,1-5H3/t18-/m1/s1. The third-order valence-electron chi connectivity index (χ3n) is 4.77. The van der Waals surface area contributed by atoms with Gasteiger partial charge in [-0.05, 0) is 38.2 Å². The van der Waals surface area contributed by atoms with E-state index in [4.69, 9.17) is 0 Å². The first-order valence-corrected chi connectivity index (χ1v) is 8.47. The van der Waals surface area contributed by atoms with Gasteiger partial charge in [-0.2, -0.15) is 5.10 Å². The van der Waals surface area contributed by atoms with E-state index in [1.807, 2.05) is 11.7 Å². The first kappa shape index (κ1) is 16.1. The van der Waals surface area contributed by atoms with Crippen molar-refractivity contribution in [1.29, 1.82) is 0 Å². The molecule has 1 aromatic carbocycles. The molecule has 1 aromatic heterocycles. The van der Waals surface area contributed by atoms with Gasteiger partial charge in [-0.3, -0.25) is 4.68 Å². The van der Waals surface area contributed by atoms with Crippen LogP contribution in [0.3, 0.4) is 0 Å². The highest BCUT2D eigenvalue weighted by Gasteiger charge is 2.32. The van der Waals surface area contributed by atoms with Gasteiger partial charge in [0.05, 0.1) is 5.69 Å². The van der Waals surface area contributed by atoms with E-state index in [9.17, 15) is 0 Å². The van der Waals surface area contributed by atoms with E-state index in [1.165, 1.54) is 35.3 Å². The van der Waals surface area contributed by atoms with Crippen molar-refractivity contribution in [3.8, 4) is 0 Å². The number of nitrogens with zero attached hydrogens (tertiary/aromatic N) is 3. The molecule has 4 nitrogen and oxygen atoms in total. The van der Waals surface area contributed by atoms with E-state index in [0.717, 1.165) is 18.2 Å². The zero-order valence-electron chi connectivity index (χ0n) is 14.9. The van der Waals surface area contributed by atoms with Gasteiger partial charge in [0.15, 0.2) is 0 Å². The van der Waals surface area contributed by atoms with Crippen LogP contribution in [0.4, 0.5) is 5.82 Å². The molecule has 1 heterocycles. The number of aryl methyl sites for hydroxylation is 3. The number of rotatable bonds is 6. The molecule has 0 amide bonds. The van der Waals surface area contributed by atoms with Gasteiger partial charge in [0.2, 0.25) is 0 Å². The molecule has 124 valence electrons. The van der Waals surface area contributed by atoms with E-state index in [2.05, 4.69) is 67.5 Å². The highest BCUT2D eigenvalue weighted by molar-refractivity contribution is 5.49. The minimum Gasteiger partial charge on any atom is -0.363 e. The van der Waals surface area contributed by atoms with E-state index in [1.54, 1.807) is 0 Å². The molecule has 0 saturated heterocycles. The van der Waals surface area contributed by atoms with Gasteiger partial charge >= 0.3 is 0 Å². The highest BCUT2D eigenvalue weighted by atomic mass is 15.4. The maximum absolute atomic E-state index is 4.59. The second-order valence-corrected chi connectivity index (χ2v) is 7.01. The Labute approximate surface area is 139 Å². The number of hydrogen-bond acceptors (Lipinski definition) is 3. The molecular weight excluding hydrogens is 284 g/mol. The Hall–Kier alpha value is -1.81. The van der Waals surface area contributed by atoms with Gasteiger partial charge in [0.1, 0.15) is 5.82 Å². The quantitative estimate of drug-likeness (QED) is 0.888. The molecule has 0 bridgehead atoms. The number of nitrogens with one attached hydrogen (secondary N) is 1. The van der Waals surface area contributed by atoms with Crippen LogP contribution < -0.4 is 10.2 Å². The molecule has 3 rings (SSSR count). The minimum absolute atomic E-state index is 0.449. The molecule has 23 heavy (non-hydrogen) atoms. The lowest BCUT2D eigenvalue weighted by molar-refractivity contribution is 0.479. The van der Waals surface area contributed by atoms with Crippen molar-refractivity contribution in [3.63, 3.8) is 0 Å². The van der Waals surface area contributed by atoms with Crippen molar-refractivity contribution in [1.82, 2.24) is 15.1 Å². The van der Waals surface area contributed by atoms with Crippen molar-refractivity contribution in [2.24, 2.45) is 13.0 Å². The van der Waals surface area contributed by atoms with Crippen LogP contribution in [0.1, 0.15) is 41.3 Å². The minimum atomic E-state index is 0.449. The van der Waals surface area contributed by atoms with Crippen molar-refractivity contribution in [2.75, 3.05) is 19.0 Å². The Balaban J connectivity index is 1.79. The summed E-state index contributed by atoms with van der Waals surface area (Å²) >= 11 is 0. The Morgan fingerprint density at radius 3 is 2.43 bits per heavy atom. The fourth-order valence-electron chi connectivity index (χ4n) is 3.43. The van der Waals surface area contributed by atoms with Crippen molar-refractivity contribution < 1.29 is 0 Å². The predicted octanol–water partition coefficient (Wildman–Crippen LogP) is 3.34. The molecule has 0 radical (unpaired) electrons.